The van der Waals surface area contributed by atoms with Crippen LogP contribution in [0.1, 0.15) is 10.5 Å². The fourth-order valence-corrected chi connectivity index (χ4v) is 1.08. The Morgan fingerprint density at radius 3 is 2.71 bits per heavy atom. The zero-order chi connectivity index (χ0) is 10.6. The molecular formula is C8H13N5O. The molecule has 0 bridgehead atoms. The summed E-state index contributed by atoms with van der Waals surface area (Å²) in [4.78, 5) is 20.6. The fourth-order valence-electron chi connectivity index (χ4n) is 1.08. The highest BCUT2D eigenvalue weighted by atomic mass is 16.1. The summed E-state index contributed by atoms with van der Waals surface area (Å²) in [5.41, 5.74) is 10.7. The third kappa shape index (κ3) is 2.17. The molecule has 0 radical (unpaired) electrons. The van der Waals surface area contributed by atoms with Gasteiger partial charge in [-0.15, -0.1) is 0 Å². The van der Waals surface area contributed by atoms with Crippen molar-refractivity contribution in [2.75, 3.05) is 25.0 Å². The molecule has 4 N–H and O–H groups in total. The predicted molar refractivity (Wildman–Crippen MR) is 52.9 cm³/mol. The first-order valence-electron chi connectivity index (χ1n) is 4.19. The van der Waals surface area contributed by atoms with Crippen LogP contribution in [0.2, 0.25) is 0 Å². The quantitative estimate of drug-likeness (QED) is 0.640. The lowest BCUT2D eigenvalue weighted by Gasteiger charge is -2.17. The van der Waals surface area contributed by atoms with Gasteiger partial charge in [0.15, 0.2) is 11.5 Å². The van der Waals surface area contributed by atoms with Gasteiger partial charge in [-0.25, -0.2) is 9.97 Å². The summed E-state index contributed by atoms with van der Waals surface area (Å²) in [7, 11) is 1.78. The number of aromatic nitrogens is 2. The maximum atomic E-state index is 11.0. The summed E-state index contributed by atoms with van der Waals surface area (Å²) in [6.45, 7) is 1.07. The molecule has 1 amide bonds. The summed E-state index contributed by atoms with van der Waals surface area (Å²) in [5.74, 6) is -0.123. The molecule has 1 heterocycles. The standard InChI is InChI=1S/C8H13N5O/c1-13(5-2-9)8-6(7(10)14)11-3-4-12-8/h3-4H,2,5,9H2,1H3,(H2,10,14). The van der Waals surface area contributed by atoms with Crippen molar-refractivity contribution in [1.29, 1.82) is 0 Å². The lowest BCUT2D eigenvalue weighted by Crippen LogP contribution is -2.29. The van der Waals surface area contributed by atoms with E-state index in [2.05, 4.69) is 9.97 Å². The zero-order valence-electron chi connectivity index (χ0n) is 7.97. The third-order valence-electron chi connectivity index (χ3n) is 1.74. The molecule has 1 aromatic heterocycles. The molecule has 1 rings (SSSR count). The predicted octanol–water partition coefficient (Wildman–Crippen LogP) is -1.03. The van der Waals surface area contributed by atoms with Gasteiger partial charge in [-0.2, -0.15) is 0 Å². The van der Waals surface area contributed by atoms with Gasteiger partial charge in [-0.05, 0) is 0 Å². The summed E-state index contributed by atoms with van der Waals surface area (Å²) < 4.78 is 0. The lowest BCUT2D eigenvalue weighted by molar-refractivity contribution is 0.0996. The van der Waals surface area contributed by atoms with Gasteiger partial charge in [0.05, 0.1) is 0 Å². The largest absolute Gasteiger partial charge is 0.364 e. The van der Waals surface area contributed by atoms with Crippen molar-refractivity contribution in [3.05, 3.63) is 18.1 Å². The number of anilines is 1. The van der Waals surface area contributed by atoms with Crippen molar-refractivity contribution in [2.45, 2.75) is 0 Å². The van der Waals surface area contributed by atoms with Gasteiger partial charge in [0, 0.05) is 32.5 Å². The van der Waals surface area contributed by atoms with Crippen molar-refractivity contribution in [2.24, 2.45) is 11.5 Å². The lowest BCUT2D eigenvalue weighted by atomic mass is 10.3. The number of likely N-dealkylation sites (N-methyl/N-ethyl adjacent to an activating group) is 1. The van der Waals surface area contributed by atoms with Crippen LogP contribution in [-0.4, -0.2) is 36.0 Å². The van der Waals surface area contributed by atoms with Crippen LogP contribution in [0.3, 0.4) is 0 Å². The van der Waals surface area contributed by atoms with Gasteiger partial charge in [-0.1, -0.05) is 0 Å². The molecule has 0 spiro atoms. The van der Waals surface area contributed by atoms with Crippen LogP contribution in [0.25, 0.3) is 0 Å². The van der Waals surface area contributed by atoms with E-state index >= 15 is 0 Å². The molecule has 14 heavy (non-hydrogen) atoms. The van der Waals surface area contributed by atoms with E-state index in [1.165, 1.54) is 12.4 Å². The van der Waals surface area contributed by atoms with Crippen molar-refractivity contribution in [3.63, 3.8) is 0 Å². The molecule has 6 heteroatoms. The van der Waals surface area contributed by atoms with Gasteiger partial charge in [0.2, 0.25) is 0 Å². The van der Waals surface area contributed by atoms with E-state index in [-0.39, 0.29) is 5.69 Å². The number of nitrogens with two attached hydrogens (primary N) is 2. The van der Waals surface area contributed by atoms with E-state index < -0.39 is 5.91 Å². The Labute approximate surface area is 81.9 Å². The van der Waals surface area contributed by atoms with Crippen molar-refractivity contribution in [3.8, 4) is 0 Å². The first kappa shape index (κ1) is 10.4. The molecule has 0 saturated carbocycles. The summed E-state index contributed by atoms with van der Waals surface area (Å²) in [5, 5.41) is 0. The maximum Gasteiger partial charge on any atom is 0.271 e. The molecule has 6 nitrogen and oxygen atoms in total. The summed E-state index contributed by atoms with van der Waals surface area (Å²) in [6, 6.07) is 0. The Hall–Kier alpha value is -1.69. The molecule has 0 aromatic carbocycles. The number of nitrogens with zero attached hydrogens (tertiary/aromatic N) is 3. The number of hydrogen-bond acceptors (Lipinski definition) is 5. The summed E-state index contributed by atoms with van der Waals surface area (Å²) in [6.07, 6.45) is 2.94. The van der Waals surface area contributed by atoms with Crippen LogP contribution in [0.5, 0.6) is 0 Å². The Kier molecular flexibility index (Phi) is 3.35. The van der Waals surface area contributed by atoms with Crippen LogP contribution >= 0.6 is 0 Å². The average Bonchev–Trinajstić information content (AvgIpc) is 2.18. The van der Waals surface area contributed by atoms with E-state index in [0.717, 1.165) is 0 Å². The molecule has 1 aromatic rings. The molecule has 0 saturated heterocycles. The highest BCUT2D eigenvalue weighted by molar-refractivity contribution is 5.95. The number of rotatable bonds is 4. The third-order valence-corrected chi connectivity index (χ3v) is 1.74. The van der Waals surface area contributed by atoms with Gasteiger partial charge in [0.1, 0.15) is 0 Å². The molecule has 0 unspecified atom stereocenters. The van der Waals surface area contributed by atoms with Crippen molar-refractivity contribution in [1.82, 2.24) is 9.97 Å². The number of hydrogen-bond donors (Lipinski definition) is 2. The Balaban J connectivity index is 3.00. The van der Waals surface area contributed by atoms with E-state index in [0.29, 0.717) is 18.9 Å². The maximum absolute atomic E-state index is 11.0. The van der Waals surface area contributed by atoms with Crippen LogP contribution in [0, 0.1) is 0 Å². The van der Waals surface area contributed by atoms with Crippen LogP contribution in [-0.2, 0) is 0 Å². The Morgan fingerprint density at radius 2 is 2.14 bits per heavy atom. The minimum atomic E-state index is -0.586. The fraction of sp³-hybridized carbons (Fsp3) is 0.375. The van der Waals surface area contributed by atoms with E-state index in [1.807, 2.05) is 0 Å². The van der Waals surface area contributed by atoms with Crippen LogP contribution < -0.4 is 16.4 Å². The second-order valence-electron chi connectivity index (χ2n) is 2.80. The average molecular weight is 195 g/mol. The van der Waals surface area contributed by atoms with E-state index in [9.17, 15) is 4.79 Å². The number of amides is 1. The normalized spacial score (nSPS) is 9.86. The Morgan fingerprint density at radius 1 is 1.50 bits per heavy atom. The molecule has 76 valence electrons. The molecule has 0 aliphatic rings. The van der Waals surface area contributed by atoms with Crippen molar-refractivity contribution < 1.29 is 4.79 Å². The molecular weight excluding hydrogens is 182 g/mol. The Bertz CT molecular complexity index is 327. The number of carbonyl (C=O) groups excluding carboxylic acids is 1. The SMILES string of the molecule is CN(CCN)c1nccnc1C(N)=O. The first-order chi connectivity index (χ1) is 6.66. The number of primary amides is 1. The summed E-state index contributed by atoms with van der Waals surface area (Å²) >= 11 is 0. The number of carbonyl (C=O) groups is 1. The first-order valence-corrected chi connectivity index (χ1v) is 4.19. The zero-order valence-corrected chi connectivity index (χ0v) is 7.97. The van der Waals surface area contributed by atoms with E-state index in [4.69, 9.17) is 11.5 Å². The van der Waals surface area contributed by atoms with Gasteiger partial charge >= 0.3 is 0 Å². The van der Waals surface area contributed by atoms with Crippen molar-refractivity contribution >= 4 is 11.7 Å². The highest BCUT2D eigenvalue weighted by Gasteiger charge is 2.13. The topological polar surface area (TPSA) is 98.1 Å². The second-order valence-corrected chi connectivity index (χ2v) is 2.80. The molecule has 0 aliphatic heterocycles. The molecule has 0 aliphatic carbocycles. The smallest absolute Gasteiger partial charge is 0.271 e. The monoisotopic (exact) mass is 195 g/mol. The highest BCUT2D eigenvalue weighted by Crippen LogP contribution is 2.11. The van der Waals surface area contributed by atoms with E-state index in [1.54, 1.807) is 11.9 Å². The second kappa shape index (κ2) is 4.52. The minimum Gasteiger partial charge on any atom is -0.364 e. The molecule has 0 atom stereocenters. The molecule has 0 fully saturated rings. The van der Waals surface area contributed by atoms with Gasteiger partial charge in [-0.3, -0.25) is 4.79 Å². The van der Waals surface area contributed by atoms with Gasteiger partial charge in [0.25, 0.3) is 5.91 Å². The van der Waals surface area contributed by atoms with Gasteiger partial charge < -0.3 is 16.4 Å². The van der Waals surface area contributed by atoms with Crippen LogP contribution in [0.15, 0.2) is 12.4 Å². The van der Waals surface area contributed by atoms with Crippen LogP contribution in [0.4, 0.5) is 5.82 Å². The minimum absolute atomic E-state index is 0.170.